The second kappa shape index (κ2) is 7.05. The standard InChI is InChI=1S/C17H20ClFN2O3S/c1-10-17(25(2,22)23)21-16(20-10)15(24-12-5-3-4-6-12)11-7-8-14(19)13(18)9-11/h7-9,12,15H,3-6H2,1-2H3,(H,20,21). The van der Waals surface area contributed by atoms with Crippen LogP contribution in [0.25, 0.3) is 0 Å². The molecule has 1 saturated carbocycles. The summed E-state index contributed by atoms with van der Waals surface area (Å²) in [5, 5.41) is -0.0140. The largest absolute Gasteiger partial charge is 0.362 e. The quantitative estimate of drug-likeness (QED) is 0.844. The number of nitrogens with one attached hydrogen (secondary N) is 1. The van der Waals surface area contributed by atoms with Crippen LogP contribution in [0.4, 0.5) is 4.39 Å². The van der Waals surface area contributed by atoms with E-state index >= 15 is 0 Å². The fraction of sp³-hybridized carbons (Fsp3) is 0.471. The summed E-state index contributed by atoms with van der Waals surface area (Å²) < 4.78 is 43.5. The number of ether oxygens (including phenoxy) is 1. The highest BCUT2D eigenvalue weighted by Crippen LogP contribution is 2.33. The van der Waals surface area contributed by atoms with E-state index < -0.39 is 21.8 Å². The zero-order valence-electron chi connectivity index (χ0n) is 14.1. The van der Waals surface area contributed by atoms with Crippen molar-refractivity contribution in [3.05, 3.63) is 46.1 Å². The molecule has 1 unspecified atom stereocenters. The number of imidazole rings is 1. The molecule has 1 aliphatic rings. The van der Waals surface area contributed by atoms with E-state index in [1.54, 1.807) is 13.0 Å². The normalized spacial score (nSPS) is 17.1. The van der Waals surface area contributed by atoms with Gasteiger partial charge >= 0.3 is 0 Å². The summed E-state index contributed by atoms with van der Waals surface area (Å²) in [5.74, 6) is -0.134. The lowest BCUT2D eigenvalue weighted by Gasteiger charge is -2.21. The average molecular weight is 387 g/mol. The fourth-order valence-electron chi connectivity index (χ4n) is 3.15. The molecule has 1 heterocycles. The Labute approximate surface area is 151 Å². The monoisotopic (exact) mass is 386 g/mol. The molecule has 8 heteroatoms. The number of sulfone groups is 1. The van der Waals surface area contributed by atoms with Gasteiger partial charge in [-0.2, -0.15) is 0 Å². The maximum absolute atomic E-state index is 13.5. The van der Waals surface area contributed by atoms with E-state index in [2.05, 4.69) is 9.97 Å². The van der Waals surface area contributed by atoms with Crippen LogP contribution in [0.3, 0.4) is 0 Å². The third kappa shape index (κ3) is 4.04. The summed E-state index contributed by atoms with van der Waals surface area (Å²) in [4.78, 5) is 7.25. The second-order valence-electron chi connectivity index (χ2n) is 6.42. The van der Waals surface area contributed by atoms with E-state index in [4.69, 9.17) is 16.3 Å². The van der Waals surface area contributed by atoms with Crippen molar-refractivity contribution in [1.29, 1.82) is 0 Å². The van der Waals surface area contributed by atoms with Gasteiger partial charge < -0.3 is 9.72 Å². The second-order valence-corrected chi connectivity index (χ2v) is 8.76. The van der Waals surface area contributed by atoms with Gasteiger partial charge in [-0.3, -0.25) is 0 Å². The van der Waals surface area contributed by atoms with Crippen LogP contribution >= 0.6 is 11.6 Å². The smallest absolute Gasteiger partial charge is 0.194 e. The molecule has 136 valence electrons. The summed E-state index contributed by atoms with van der Waals surface area (Å²) >= 11 is 5.91. The lowest BCUT2D eigenvalue weighted by molar-refractivity contribution is 0.00855. The van der Waals surface area contributed by atoms with Crippen molar-refractivity contribution in [2.75, 3.05) is 6.26 Å². The van der Waals surface area contributed by atoms with E-state index in [9.17, 15) is 12.8 Å². The average Bonchev–Trinajstić information content (AvgIpc) is 3.16. The molecular weight excluding hydrogens is 367 g/mol. The molecule has 25 heavy (non-hydrogen) atoms. The Morgan fingerprint density at radius 3 is 2.60 bits per heavy atom. The van der Waals surface area contributed by atoms with Gasteiger partial charge in [0.1, 0.15) is 17.7 Å². The Morgan fingerprint density at radius 2 is 2.04 bits per heavy atom. The first-order valence-corrected chi connectivity index (χ1v) is 10.4. The zero-order chi connectivity index (χ0) is 18.2. The highest BCUT2D eigenvalue weighted by Gasteiger charge is 2.28. The molecule has 0 amide bonds. The molecule has 1 fully saturated rings. The molecule has 0 radical (unpaired) electrons. The van der Waals surface area contributed by atoms with Gasteiger partial charge in [-0.1, -0.05) is 30.5 Å². The Bertz CT molecular complexity index is 876. The van der Waals surface area contributed by atoms with Gasteiger partial charge in [-0.25, -0.2) is 17.8 Å². The van der Waals surface area contributed by atoms with E-state index in [1.807, 2.05) is 0 Å². The van der Waals surface area contributed by atoms with Crippen LogP contribution in [-0.4, -0.2) is 30.7 Å². The third-order valence-corrected chi connectivity index (χ3v) is 5.72. The fourth-order valence-corrected chi connectivity index (χ4v) is 4.21. The lowest BCUT2D eigenvalue weighted by atomic mass is 10.1. The number of halogens is 2. The SMILES string of the molecule is Cc1[nH]c(C(OC2CCCC2)c2ccc(F)c(Cl)c2)nc1S(C)(=O)=O. The minimum absolute atomic E-state index is 0.00395. The van der Waals surface area contributed by atoms with E-state index in [0.29, 0.717) is 17.1 Å². The van der Waals surface area contributed by atoms with Crippen molar-refractivity contribution < 1.29 is 17.5 Å². The number of H-pyrrole nitrogens is 1. The van der Waals surface area contributed by atoms with Gasteiger partial charge in [0.25, 0.3) is 0 Å². The van der Waals surface area contributed by atoms with Gasteiger partial charge in [0.05, 0.1) is 16.8 Å². The minimum Gasteiger partial charge on any atom is -0.362 e. The van der Waals surface area contributed by atoms with Crippen LogP contribution in [0, 0.1) is 12.7 Å². The van der Waals surface area contributed by atoms with Crippen LogP contribution in [0.5, 0.6) is 0 Å². The predicted molar refractivity (Wildman–Crippen MR) is 93.0 cm³/mol. The number of aryl methyl sites for hydroxylation is 1. The molecule has 0 spiro atoms. The van der Waals surface area contributed by atoms with Crippen LogP contribution in [0.1, 0.15) is 48.9 Å². The first kappa shape index (κ1) is 18.4. The zero-order valence-corrected chi connectivity index (χ0v) is 15.6. The summed E-state index contributed by atoms with van der Waals surface area (Å²) in [5.41, 5.74) is 1.08. The van der Waals surface area contributed by atoms with Gasteiger partial charge in [0, 0.05) is 6.26 Å². The van der Waals surface area contributed by atoms with E-state index in [1.165, 1.54) is 12.1 Å². The first-order chi connectivity index (χ1) is 11.8. The highest BCUT2D eigenvalue weighted by atomic mass is 35.5. The van der Waals surface area contributed by atoms with Crippen LogP contribution in [0.2, 0.25) is 5.02 Å². The Balaban J connectivity index is 2.02. The van der Waals surface area contributed by atoms with Crippen molar-refractivity contribution in [1.82, 2.24) is 9.97 Å². The van der Waals surface area contributed by atoms with Crippen molar-refractivity contribution in [3.8, 4) is 0 Å². The molecule has 1 N–H and O–H groups in total. The summed E-state index contributed by atoms with van der Waals surface area (Å²) in [7, 11) is -3.45. The molecule has 1 aromatic heterocycles. The van der Waals surface area contributed by atoms with Crippen LogP contribution in [0.15, 0.2) is 23.2 Å². The summed E-state index contributed by atoms with van der Waals surface area (Å²) in [6.07, 6.45) is 4.59. The molecule has 1 aromatic carbocycles. The van der Waals surface area contributed by atoms with E-state index in [-0.39, 0.29) is 16.2 Å². The number of nitrogens with zero attached hydrogens (tertiary/aromatic N) is 1. The Hall–Kier alpha value is -1.44. The van der Waals surface area contributed by atoms with Crippen molar-refractivity contribution in [3.63, 3.8) is 0 Å². The molecule has 0 bridgehead atoms. The van der Waals surface area contributed by atoms with E-state index in [0.717, 1.165) is 31.9 Å². The van der Waals surface area contributed by atoms with Gasteiger partial charge in [0.15, 0.2) is 14.9 Å². The third-order valence-electron chi connectivity index (χ3n) is 4.34. The minimum atomic E-state index is -3.45. The van der Waals surface area contributed by atoms with Crippen molar-refractivity contribution >= 4 is 21.4 Å². The molecule has 3 rings (SSSR count). The predicted octanol–water partition coefficient (Wildman–Crippen LogP) is 3.96. The number of aromatic nitrogens is 2. The van der Waals surface area contributed by atoms with Crippen LogP contribution in [-0.2, 0) is 14.6 Å². The summed E-state index contributed by atoms with van der Waals surface area (Å²) in [6, 6.07) is 4.35. The maximum Gasteiger partial charge on any atom is 0.194 e. The number of aromatic amines is 1. The number of hydrogen-bond acceptors (Lipinski definition) is 4. The highest BCUT2D eigenvalue weighted by molar-refractivity contribution is 7.90. The number of benzene rings is 1. The number of hydrogen-bond donors (Lipinski definition) is 1. The molecule has 0 aliphatic heterocycles. The molecule has 0 saturated heterocycles. The van der Waals surface area contributed by atoms with Gasteiger partial charge in [-0.15, -0.1) is 0 Å². The summed E-state index contributed by atoms with van der Waals surface area (Å²) in [6.45, 7) is 1.65. The number of rotatable bonds is 5. The molecule has 1 atom stereocenters. The molecular formula is C17H20ClFN2O3S. The van der Waals surface area contributed by atoms with Gasteiger partial charge in [0.2, 0.25) is 0 Å². The van der Waals surface area contributed by atoms with Crippen molar-refractivity contribution in [2.24, 2.45) is 0 Å². The molecule has 1 aliphatic carbocycles. The van der Waals surface area contributed by atoms with Gasteiger partial charge in [-0.05, 0) is 37.5 Å². The lowest BCUT2D eigenvalue weighted by Crippen LogP contribution is -2.16. The van der Waals surface area contributed by atoms with Crippen molar-refractivity contribution in [2.45, 2.75) is 49.8 Å². The Kier molecular flexibility index (Phi) is 5.18. The van der Waals surface area contributed by atoms with Crippen LogP contribution < -0.4 is 0 Å². The Morgan fingerprint density at radius 1 is 1.36 bits per heavy atom. The first-order valence-electron chi connectivity index (χ1n) is 8.12. The topological polar surface area (TPSA) is 72.0 Å². The molecule has 2 aromatic rings. The molecule has 5 nitrogen and oxygen atoms in total. The maximum atomic E-state index is 13.5.